The van der Waals surface area contributed by atoms with E-state index >= 15 is 0 Å². The normalized spacial score (nSPS) is 21.4. The van der Waals surface area contributed by atoms with E-state index in [4.69, 9.17) is 10.5 Å². The molecule has 0 aliphatic carbocycles. The molecule has 124 valence electrons. The molecule has 0 spiro atoms. The number of rotatable bonds is 5. The van der Waals surface area contributed by atoms with E-state index in [-0.39, 0.29) is 23.8 Å². The molecule has 0 saturated carbocycles. The lowest BCUT2D eigenvalue weighted by atomic mass is 9.93. The molecule has 0 bridgehead atoms. The predicted octanol–water partition coefficient (Wildman–Crippen LogP) is 2.21. The summed E-state index contributed by atoms with van der Waals surface area (Å²) in [6.07, 6.45) is 4.84. The number of carbonyl (C=O) groups is 2. The fourth-order valence-corrected chi connectivity index (χ4v) is 2.81. The molecule has 2 unspecified atom stereocenters. The first-order valence-electron chi connectivity index (χ1n) is 8.02. The molecule has 0 aromatic heterocycles. The standard InChI is InChI=1S/C18H24N2O3/c1-3-23-16-7-5-4-6-14(16)10-11-17(21)20-12-15(18(19)22)9-8-13(20)2/h4-7,10-11,13,15H,3,8-9,12H2,1-2H3,(H2,19,22)/b11-10+. The van der Waals surface area contributed by atoms with Gasteiger partial charge in [-0.05, 0) is 38.8 Å². The van der Waals surface area contributed by atoms with Gasteiger partial charge in [0, 0.05) is 24.2 Å². The third kappa shape index (κ3) is 4.34. The molecule has 1 aromatic carbocycles. The Bertz CT molecular complexity index is 598. The van der Waals surface area contributed by atoms with Gasteiger partial charge in [-0.15, -0.1) is 0 Å². The molecule has 23 heavy (non-hydrogen) atoms. The second kappa shape index (κ2) is 7.81. The number of para-hydroxylation sites is 1. The quantitative estimate of drug-likeness (QED) is 0.847. The lowest BCUT2D eigenvalue weighted by molar-refractivity contribution is -0.133. The first-order chi connectivity index (χ1) is 11.0. The van der Waals surface area contributed by atoms with Gasteiger partial charge in [0.15, 0.2) is 0 Å². The fourth-order valence-electron chi connectivity index (χ4n) is 2.81. The van der Waals surface area contributed by atoms with Crippen LogP contribution in [0.5, 0.6) is 5.75 Å². The molecule has 0 radical (unpaired) electrons. The van der Waals surface area contributed by atoms with Gasteiger partial charge in [0.2, 0.25) is 11.8 Å². The van der Waals surface area contributed by atoms with Crippen LogP contribution in [-0.2, 0) is 9.59 Å². The summed E-state index contributed by atoms with van der Waals surface area (Å²) in [5.41, 5.74) is 6.24. The van der Waals surface area contributed by atoms with Gasteiger partial charge in [0.25, 0.3) is 0 Å². The number of piperidine rings is 1. The van der Waals surface area contributed by atoms with Crippen LogP contribution in [0.3, 0.4) is 0 Å². The predicted molar refractivity (Wildman–Crippen MR) is 89.7 cm³/mol. The van der Waals surface area contributed by atoms with Crippen molar-refractivity contribution in [1.82, 2.24) is 4.90 Å². The van der Waals surface area contributed by atoms with Crippen molar-refractivity contribution >= 4 is 17.9 Å². The summed E-state index contributed by atoms with van der Waals surface area (Å²) in [7, 11) is 0. The largest absolute Gasteiger partial charge is 0.493 e. The highest BCUT2D eigenvalue weighted by molar-refractivity contribution is 5.93. The fraction of sp³-hybridized carbons (Fsp3) is 0.444. The summed E-state index contributed by atoms with van der Waals surface area (Å²) in [5, 5.41) is 0. The van der Waals surface area contributed by atoms with Crippen molar-refractivity contribution in [3.63, 3.8) is 0 Å². The van der Waals surface area contributed by atoms with Crippen LogP contribution in [0.1, 0.15) is 32.3 Å². The number of nitrogens with two attached hydrogens (primary N) is 1. The molecule has 1 aromatic rings. The van der Waals surface area contributed by atoms with Crippen LogP contribution in [-0.4, -0.2) is 35.9 Å². The van der Waals surface area contributed by atoms with E-state index in [0.717, 1.165) is 24.2 Å². The number of nitrogens with zero attached hydrogens (tertiary/aromatic N) is 1. The number of carbonyl (C=O) groups excluding carboxylic acids is 2. The number of hydrogen-bond donors (Lipinski definition) is 1. The minimum Gasteiger partial charge on any atom is -0.493 e. The van der Waals surface area contributed by atoms with Gasteiger partial charge in [0.1, 0.15) is 5.75 Å². The highest BCUT2D eigenvalue weighted by Gasteiger charge is 2.30. The Hall–Kier alpha value is -2.30. The molecule has 1 aliphatic heterocycles. The van der Waals surface area contributed by atoms with E-state index in [1.165, 1.54) is 6.08 Å². The van der Waals surface area contributed by atoms with E-state index in [1.807, 2.05) is 38.1 Å². The zero-order valence-corrected chi connectivity index (χ0v) is 13.7. The van der Waals surface area contributed by atoms with Crippen molar-refractivity contribution in [2.24, 2.45) is 11.7 Å². The summed E-state index contributed by atoms with van der Waals surface area (Å²) in [6, 6.07) is 7.69. The number of ether oxygens (including phenoxy) is 1. The summed E-state index contributed by atoms with van der Waals surface area (Å²) in [5.74, 6) is 0.0649. The van der Waals surface area contributed by atoms with E-state index in [0.29, 0.717) is 13.2 Å². The second-order valence-corrected chi connectivity index (χ2v) is 5.82. The van der Waals surface area contributed by atoms with Crippen LogP contribution >= 0.6 is 0 Å². The zero-order valence-electron chi connectivity index (χ0n) is 13.7. The lowest BCUT2D eigenvalue weighted by Gasteiger charge is -2.36. The highest BCUT2D eigenvalue weighted by Crippen LogP contribution is 2.23. The molecule has 5 nitrogen and oxygen atoms in total. The van der Waals surface area contributed by atoms with Gasteiger partial charge >= 0.3 is 0 Å². The average Bonchev–Trinajstić information content (AvgIpc) is 2.54. The van der Waals surface area contributed by atoms with Crippen LogP contribution in [0, 0.1) is 5.92 Å². The van der Waals surface area contributed by atoms with Crippen LogP contribution < -0.4 is 10.5 Å². The minimum absolute atomic E-state index is 0.102. The summed E-state index contributed by atoms with van der Waals surface area (Å²) >= 11 is 0. The van der Waals surface area contributed by atoms with Crippen molar-refractivity contribution in [2.75, 3.05) is 13.2 Å². The Morgan fingerprint density at radius 3 is 2.78 bits per heavy atom. The Balaban J connectivity index is 2.10. The monoisotopic (exact) mass is 316 g/mol. The first kappa shape index (κ1) is 17.1. The van der Waals surface area contributed by atoms with E-state index < -0.39 is 0 Å². The van der Waals surface area contributed by atoms with Gasteiger partial charge in [0.05, 0.1) is 12.5 Å². The van der Waals surface area contributed by atoms with Crippen molar-refractivity contribution in [3.05, 3.63) is 35.9 Å². The molecule has 1 heterocycles. The molecule has 2 atom stereocenters. The Labute approximate surface area is 137 Å². The van der Waals surface area contributed by atoms with Gasteiger partial charge in [-0.3, -0.25) is 9.59 Å². The Kier molecular flexibility index (Phi) is 5.79. The first-order valence-corrected chi connectivity index (χ1v) is 8.02. The third-order valence-corrected chi connectivity index (χ3v) is 4.19. The van der Waals surface area contributed by atoms with Crippen molar-refractivity contribution in [2.45, 2.75) is 32.7 Å². The number of benzene rings is 1. The molecule has 1 saturated heterocycles. The molecule has 2 amide bonds. The summed E-state index contributed by atoms with van der Waals surface area (Å²) < 4.78 is 5.55. The summed E-state index contributed by atoms with van der Waals surface area (Å²) in [4.78, 5) is 25.6. The zero-order chi connectivity index (χ0) is 16.8. The Morgan fingerprint density at radius 2 is 2.09 bits per heavy atom. The number of primary amides is 1. The van der Waals surface area contributed by atoms with Crippen LogP contribution in [0.25, 0.3) is 6.08 Å². The molecule has 2 rings (SSSR count). The van der Waals surface area contributed by atoms with Crippen LogP contribution in [0.15, 0.2) is 30.3 Å². The molecule has 2 N–H and O–H groups in total. The van der Waals surface area contributed by atoms with Crippen LogP contribution in [0.4, 0.5) is 0 Å². The van der Waals surface area contributed by atoms with Gasteiger partial charge < -0.3 is 15.4 Å². The SMILES string of the molecule is CCOc1ccccc1/C=C/C(=O)N1CC(C(N)=O)CCC1C. The van der Waals surface area contributed by atoms with E-state index in [1.54, 1.807) is 11.0 Å². The maximum atomic E-state index is 12.5. The highest BCUT2D eigenvalue weighted by atomic mass is 16.5. The second-order valence-electron chi connectivity index (χ2n) is 5.82. The van der Waals surface area contributed by atoms with Crippen LogP contribution in [0.2, 0.25) is 0 Å². The van der Waals surface area contributed by atoms with Crippen molar-refractivity contribution in [3.8, 4) is 5.75 Å². The lowest BCUT2D eigenvalue weighted by Crippen LogP contribution is -2.48. The van der Waals surface area contributed by atoms with Crippen molar-refractivity contribution < 1.29 is 14.3 Å². The topological polar surface area (TPSA) is 72.6 Å². The molecule has 5 heteroatoms. The molecule has 1 aliphatic rings. The average molecular weight is 316 g/mol. The number of amides is 2. The van der Waals surface area contributed by atoms with Crippen molar-refractivity contribution in [1.29, 1.82) is 0 Å². The molecular weight excluding hydrogens is 292 g/mol. The maximum Gasteiger partial charge on any atom is 0.246 e. The van der Waals surface area contributed by atoms with Gasteiger partial charge in [-0.25, -0.2) is 0 Å². The summed E-state index contributed by atoms with van der Waals surface area (Å²) in [6.45, 7) is 4.89. The van der Waals surface area contributed by atoms with E-state index in [2.05, 4.69) is 0 Å². The number of likely N-dealkylation sites (tertiary alicyclic amines) is 1. The number of hydrogen-bond acceptors (Lipinski definition) is 3. The smallest absolute Gasteiger partial charge is 0.246 e. The maximum absolute atomic E-state index is 12.5. The minimum atomic E-state index is -0.333. The molecular formula is C18H24N2O3. The van der Waals surface area contributed by atoms with Gasteiger partial charge in [-0.1, -0.05) is 18.2 Å². The Morgan fingerprint density at radius 1 is 1.35 bits per heavy atom. The molecule has 1 fully saturated rings. The van der Waals surface area contributed by atoms with E-state index in [9.17, 15) is 9.59 Å². The third-order valence-electron chi connectivity index (χ3n) is 4.19. The van der Waals surface area contributed by atoms with Gasteiger partial charge in [-0.2, -0.15) is 0 Å².